The van der Waals surface area contributed by atoms with E-state index >= 15 is 0 Å². The van der Waals surface area contributed by atoms with Gasteiger partial charge in [-0.15, -0.1) is 0 Å². The van der Waals surface area contributed by atoms with Gasteiger partial charge < -0.3 is 16.0 Å². The monoisotopic (exact) mass is 334 g/mol. The first-order valence-corrected chi connectivity index (χ1v) is 8.91. The molecule has 1 atom stereocenters. The molecule has 0 radical (unpaired) electrons. The quantitative estimate of drug-likeness (QED) is 0.886. The van der Waals surface area contributed by atoms with E-state index in [4.69, 9.17) is 5.73 Å². The van der Waals surface area contributed by atoms with Gasteiger partial charge in [0.25, 0.3) is 0 Å². The second-order valence-corrected chi connectivity index (χ2v) is 6.82. The van der Waals surface area contributed by atoms with Crippen molar-refractivity contribution in [2.75, 3.05) is 32.7 Å². The second-order valence-electron chi connectivity index (χ2n) is 6.82. The zero-order chi connectivity index (χ0) is 16.9. The third-order valence-corrected chi connectivity index (χ3v) is 5.11. The molecule has 2 aliphatic heterocycles. The van der Waals surface area contributed by atoms with Crippen LogP contribution in [0.5, 0.6) is 0 Å². The lowest BCUT2D eigenvalue weighted by Crippen LogP contribution is -2.48. The van der Waals surface area contributed by atoms with E-state index in [0.29, 0.717) is 6.54 Å². The predicted molar refractivity (Wildman–Crippen MR) is 92.1 cm³/mol. The van der Waals surface area contributed by atoms with Crippen LogP contribution >= 0.6 is 0 Å². The molecule has 6 heteroatoms. The molecule has 2 saturated heterocycles. The van der Waals surface area contributed by atoms with Crippen LogP contribution < -0.4 is 11.1 Å². The summed E-state index contributed by atoms with van der Waals surface area (Å²) in [6.07, 6.45) is 4.08. The molecule has 24 heavy (non-hydrogen) atoms. The van der Waals surface area contributed by atoms with Gasteiger partial charge in [0.2, 0.25) is 0 Å². The SMILES string of the molecule is NC1CCN(C(=O)NC[C@@H](c2ccc(F)cc2)N2CCCC2)CC1. The van der Waals surface area contributed by atoms with E-state index in [9.17, 15) is 9.18 Å². The first-order chi connectivity index (χ1) is 11.6. The topological polar surface area (TPSA) is 61.6 Å². The number of nitrogens with two attached hydrogens (primary N) is 1. The Bertz CT molecular complexity index is 536. The van der Waals surface area contributed by atoms with Crippen molar-refractivity contribution in [3.05, 3.63) is 35.6 Å². The summed E-state index contributed by atoms with van der Waals surface area (Å²) in [5.74, 6) is -0.229. The van der Waals surface area contributed by atoms with E-state index in [-0.39, 0.29) is 23.9 Å². The van der Waals surface area contributed by atoms with Gasteiger partial charge in [0.1, 0.15) is 5.82 Å². The van der Waals surface area contributed by atoms with Gasteiger partial charge in [-0.1, -0.05) is 12.1 Å². The number of benzene rings is 1. The highest BCUT2D eigenvalue weighted by Crippen LogP contribution is 2.25. The molecule has 3 N–H and O–H groups in total. The van der Waals surface area contributed by atoms with Gasteiger partial charge in [-0.3, -0.25) is 4.90 Å². The smallest absolute Gasteiger partial charge is 0.317 e. The highest BCUT2D eigenvalue weighted by molar-refractivity contribution is 5.74. The average molecular weight is 334 g/mol. The Kier molecular flexibility index (Phi) is 5.68. The highest BCUT2D eigenvalue weighted by Gasteiger charge is 2.26. The molecule has 0 bridgehead atoms. The fraction of sp³-hybridized carbons (Fsp3) is 0.611. The van der Waals surface area contributed by atoms with Crippen LogP contribution in [0.3, 0.4) is 0 Å². The number of urea groups is 1. The molecule has 2 aliphatic rings. The maximum Gasteiger partial charge on any atom is 0.317 e. The molecule has 1 aromatic rings. The average Bonchev–Trinajstić information content (AvgIpc) is 3.11. The number of hydrogen-bond acceptors (Lipinski definition) is 3. The number of nitrogens with one attached hydrogen (secondary N) is 1. The molecule has 2 amide bonds. The molecule has 0 saturated carbocycles. The van der Waals surface area contributed by atoms with Gasteiger partial charge in [0.05, 0.1) is 6.04 Å². The number of carbonyl (C=O) groups is 1. The summed E-state index contributed by atoms with van der Waals surface area (Å²) in [4.78, 5) is 16.6. The minimum absolute atomic E-state index is 0.0202. The van der Waals surface area contributed by atoms with Crippen LogP contribution in [0.15, 0.2) is 24.3 Å². The Labute approximate surface area is 143 Å². The third kappa shape index (κ3) is 4.24. The van der Waals surface area contributed by atoms with Crippen molar-refractivity contribution in [2.24, 2.45) is 5.73 Å². The molecular weight excluding hydrogens is 307 g/mol. The lowest BCUT2D eigenvalue weighted by molar-refractivity contribution is 0.174. The highest BCUT2D eigenvalue weighted by atomic mass is 19.1. The molecular formula is C18H27FN4O. The molecule has 5 nitrogen and oxygen atoms in total. The van der Waals surface area contributed by atoms with Gasteiger partial charge >= 0.3 is 6.03 Å². The largest absolute Gasteiger partial charge is 0.336 e. The van der Waals surface area contributed by atoms with Crippen LogP contribution in [0.25, 0.3) is 0 Å². The number of likely N-dealkylation sites (tertiary alicyclic amines) is 2. The van der Waals surface area contributed by atoms with Gasteiger partial charge in [-0.2, -0.15) is 0 Å². The molecule has 132 valence electrons. The first kappa shape index (κ1) is 17.2. The molecule has 2 heterocycles. The summed E-state index contributed by atoms with van der Waals surface area (Å²) in [6, 6.07) is 6.93. The maximum absolute atomic E-state index is 13.2. The lowest BCUT2D eigenvalue weighted by Gasteiger charge is -2.32. The van der Waals surface area contributed by atoms with E-state index in [1.165, 1.54) is 25.0 Å². The van der Waals surface area contributed by atoms with Crippen molar-refractivity contribution in [3.8, 4) is 0 Å². The Balaban J connectivity index is 1.61. The number of rotatable bonds is 4. The van der Waals surface area contributed by atoms with E-state index in [0.717, 1.165) is 44.6 Å². The second kappa shape index (κ2) is 7.94. The van der Waals surface area contributed by atoms with Gasteiger partial charge in [-0.05, 0) is 56.5 Å². The zero-order valence-electron chi connectivity index (χ0n) is 14.1. The van der Waals surface area contributed by atoms with Gasteiger partial charge in [0, 0.05) is 25.7 Å². The fourth-order valence-corrected chi connectivity index (χ4v) is 3.59. The van der Waals surface area contributed by atoms with Crippen LogP contribution in [-0.2, 0) is 0 Å². The molecule has 0 spiro atoms. The lowest BCUT2D eigenvalue weighted by atomic mass is 10.1. The van der Waals surface area contributed by atoms with Crippen molar-refractivity contribution in [3.63, 3.8) is 0 Å². The van der Waals surface area contributed by atoms with Crippen molar-refractivity contribution in [1.82, 2.24) is 15.1 Å². The van der Waals surface area contributed by atoms with Gasteiger partial charge in [0.15, 0.2) is 0 Å². The number of piperidine rings is 1. The predicted octanol–water partition coefficient (Wildman–Crippen LogP) is 2.10. The van der Waals surface area contributed by atoms with E-state index in [1.54, 1.807) is 0 Å². The van der Waals surface area contributed by atoms with Crippen LogP contribution in [0.2, 0.25) is 0 Å². The standard InChI is InChI=1S/C18H27FN4O/c19-15-5-3-14(4-6-15)17(22-9-1-2-10-22)13-21-18(24)23-11-7-16(20)8-12-23/h3-6,16-17H,1-2,7-13,20H2,(H,21,24)/t17-/m0/s1. The molecule has 1 aromatic carbocycles. The van der Waals surface area contributed by atoms with Crippen LogP contribution in [0.1, 0.15) is 37.3 Å². The Morgan fingerprint density at radius 1 is 1.17 bits per heavy atom. The number of hydrogen-bond donors (Lipinski definition) is 2. The number of amides is 2. The summed E-state index contributed by atoms with van der Waals surface area (Å²) in [6.45, 7) is 4.04. The molecule has 0 unspecified atom stereocenters. The van der Waals surface area contributed by atoms with Crippen molar-refractivity contribution in [2.45, 2.75) is 37.8 Å². The maximum atomic E-state index is 13.2. The fourth-order valence-electron chi connectivity index (χ4n) is 3.59. The Morgan fingerprint density at radius 2 is 1.79 bits per heavy atom. The molecule has 0 aromatic heterocycles. The van der Waals surface area contributed by atoms with Crippen LogP contribution in [0.4, 0.5) is 9.18 Å². The van der Waals surface area contributed by atoms with Crippen LogP contribution in [0, 0.1) is 5.82 Å². The van der Waals surface area contributed by atoms with E-state index in [2.05, 4.69) is 10.2 Å². The van der Waals surface area contributed by atoms with E-state index in [1.807, 2.05) is 17.0 Å². The number of halogens is 1. The molecule has 3 rings (SSSR count). The van der Waals surface area contributed by atoms with Crippen molar-refractivity contribution < 1.29 is 9.18 Å². The minimum Gasteiger partial charge on any atom is -0.336 e. The summed E-state index contributed by atoms with van der Waals surface area (Å²) >= 11 is 0. The normalized spacial score (nSPS) is 21.0. The summed E-state index contributed by atoms with van der Waals surface area (Å²) in [5, 5.41) is 3.07. The van der Waals surface area contributed by atoms with Crippen molar-refractivity contribution >= 4 is 6.03 Å². The Hall–Kier alpha value is -1.66. The summed E-state index contributed by atoms with van der Waals surface area (Å²) in [7, 11) is 0. The Morgan fingerprint density at radius 3 is 2.42 bits per heavy atom. The van der Waals surface area contributed by atoms with Gasteiger partial charge in [-0.25, -0.2) is 9.18 Å². The summed E-state index contributed by atoms with van der Waals surface area (Å²) in [5.41, 5.74) is 6.95. The molecule has 0 aliphatic carbocycles. The van der Waals surface area contributed by atoms with Crippen molar-refractivity contribution in [1.29, 1.82) is 0 Å². The van der Waals surface area contributed by atoms with Crippen LogP contribution in [-0.4, -0.2) is 54.6 Å². The van der Waals surface area contributed by atoms with E-state index < -0.39 is 0 Å². The number of carbonyl (C=O) groups excluding carboxylic acids is 1. The minimum atomic E-state index is -0.229. The molecule has 2 fully saturated rings. The first-order valence-electron chi connectivity index (χ1n) is 8.91. The number of nitrogens with zero attached hydrogens (tertiary/aromatic N) is 2. The third-order valence-electron chi connectivity index (χ3n) is 5.11. The summed E-state index contributed by atoms with van der Waals surface area (Å²) < 4.78 is 13.2. The zero-order valence-corrected chi connectivity index (χ0v) is 14.1.